The standard InChI is InChI=1S/C16H21N3S/c1-11-5-8-14(12(2)10-11)16-19-18-15(20-16)4-3-9-17-13-6-7-13/h5,8,10,13,17H,3-4,6-7,9H2,1-2H3. The minimum Gasteiger partial charge on any atom is -0.314 e. The maximum absolute atomic E-state index is 4.35. The Kier molecular flexibility index (Phi) is 4.13. The number of nitrogens with one attached hydrogen (secondary N) is 1. The van der Waals surface area contributed by atoms with Crippen LogP contribution in [0.1, 0.15) is 35.4 Å². The molecule has 1 aliphatic carbocycles. The van der Waals surface area contributed by atoms with Crippen LogP contribution in [0.5, 0.6) is 0 Å². The van der Waals surface area contributed by atoms with Crippen LogP contribution in [-0.4, -0.2) is 22.8 Å². The van der Waals surface area contributed by atoms with Gasteiger partial charge in [-0.1, -0.05) is 35.1 Å². The number of hydrogen-bond donors (Lipinski definition) is 1. The van der Waals surface area contributed by atoms with E-state index in [4.69, 9.17) is 0 Å². The molecule has 1 aromatic carbocycles. The van der Waals surface area contributed by atoms with E-state index in [1.165, 1.54) is 29.5 Å². The van der Waals surface area contributed by atoms with E-state index in [0.29, 0.717) is 0 Å². The molecule has 0 atom stereocenters. The van der Waals surface area contributed by atoms with Gasteiger partial charge in [-0.3, -0.25) is 0 Å². The topological polar surface area (TPSA) is 37.8 Å². The fourth-order valence-corrected chi connectivity index (χ4v) is 3.32. The van der Waals surface area contributed by atoms with Crippen LogP contribution in [0.25, 0.3) is 10.6 Å². The summed E-state index contributed by atoms with van der Waals surface area (Å²) in [6, 6.07) is 7.30. The van der Waals surface area contributed by atoms with Gasteiger partial charge in [-0.2, -0.15) is 0 Å². The molecule has 1 aliphatic rings. The third-order valence-corrected chi connectivity index (χ3v) is 4.67. The average molecular weight is 287 g/mol. The first-order chi connectivity index (χ1) is 9.72. The molecule has 3 nitrogen and oxygen atoms in total. The van der Waals surface area contributed by atoms with Crippen molar-refractivity contribution in [2.75, 3.05) is 6.54 Å². The second kappa shape index (κ2) is 6.02. The molecule has 1 N–H and O–H groups in total. The molecule has 0 spiro atoms. The number of rotatable bonds is 6. The predicted molar refractivity (Wildman–Crippen MR) is 84.2 cm³/mol. The summed E-state index contributed by atoms with van der Waals surface area (Å²) in [6.45, 7) is 5.36. The summed E-state index contributed by atoms with van der Waals surface area (Å²) in [7, 11) is 0. The lowest BCUT2D eigenvalue weighted by atomic mass is 10.1. The number of benzene rings is 1. The van der Waals surface area contributed by atoms with E-state index in [9.17, 15) is 0 Å². The zero-order valence-electron chi connectivity index (χ0n) is 12.1. The minimum absolute atomic E-state index is 0.801. The van der Waals surface area contributed by atoms with E-state index < -0.39 is 0 Å². The van der Waals surface area contributed by atoms with Crippen molar-refractivity contribution in [2.45, 2.75) is 45.6 Å². The highest BCUT2D eigenvalue weighted by Crippen LogP contribution is 2.27. The summed E-state index contributed by atoms with van der Waals surface area (Å²) >= 11 is 1.73. The maximum atomic E-state index is 4.35. The summed E-state index contributed by atoms with van der Waals surface area (Å²) < 4.78 is 0. The van der Waals surface area contributed by atoms with Crippen molar-refractivity contribution < 1.29 is 0 Å². The van der Waals surface area contributed by atoms with E-state index in [1.807, 2.05) is 0 Å². The highest BCUT2D eigenvalue weighted by molar-refractivity contribution is 7.14. The Morgan fingerprint density at radius 1 is 1.25 bits per heavy atom. The SMILES string of the molecule is Cc1ccc(-c2nnc(CCCNC3CC3)s2)c(C)c1. The Labute approximate surface area is 124 Å². The van der Waals surface area contributed by atoms with Gasteiger partial charge in [-0.25, -0.2) is 0 Å². The molecule has 1 fully saturated rings. The van der Waals surface area contributed by atoms with Crippen LogP contribution in [0.4, 0.5) is 0 Å². The third-order valence-electron chi connectivity index (χ3n) is 3.66. The first-order valence-corrected chi connectivity index (χ1v) is 8.17. The number of aromatic nitrogens is 2. The monoisotopic (exact) mass is 287 g/mol. The van der Waals surface area contributed by atoms with Crippen LogP contribution in [0.15, 0.2) is 18.2 Å². The zero-order valence-corrected chi connectivity index (χ0v) is 13.0. The van der Waals surface area contributed by atoms with Gasteiger partial charge < -0.3 is 5.32 Å². The van der Waals surface area contributed by atoms with Gasteiger partial charge in [0.05, 0.1) is 0 Å². The fourth-order valence-electron chi connectivity index (χ4n) is 2.35. The molecule has 0 amide bonds. The molecule has 1 aromatic heterocycles. The second-order valence-electron chi connectivity index (χ2n) is 5.65. The van der Waals surface area contributed by atoms with Crippen LogP contribution in [-0.2, 0) is 6.42 Å². The van der Waals surface area contributed by atoms with Crippen LogP contribution < -0.4 is 5.32 Å². The predicted octanol–water partition coefficient (Wildman–Crippen LogP) is 3.51. The average Bonchev–Trinajstić information content (AvgIpc) is 3.13. The Morgan fingerprint density at radius 2 is 2.10 bits per heavy atom. The van der Waals surface area contributed by atoms with Crippen LogP contribution >= 0.6 is 11.3 Å². The van der Waals surface area contributed by atoms with Gasteiger partial charge in [0, 0.05) is 18.0 Å². The van der Waals surface area contributed by atoms with E-state index in [-0.39, 0.29) is 0 Å². The summed E-state index contributed by atoms with van der Waals surface area (Å²) in [6.07, 6.45) is 4.89. The van der Waals surface area contributed by atoms with Crippen LogP contribution in [0.2, 0.25) is 0 Å². The highest BCUT2D eigenvalue weighted by Gasteiger charge is 2.19. The van der Waals surface area contributed by atoms with Gasteiger partial charge in [-0.15, -0.1) is 10.2 Å². The normalized spacial score (nSPS) is 14.7. The summed E-state index contributed by atoms with van der Waals surface area (Å²) in [5.41, 5.74) is 3.79. The van der Waals surface area contributed by atoms with Gasteiger partial charge in [-0.05, 0) is 45.2 Å². The van der Waals surface area contributed by atoms with Crippen molar-refractivity contribution >= 4 is 11.3 Å². The molecule has 0 bridgehead atoms. The Balaban J connectivity index is 1.60. The summed E-state index contributed by atoms with van der Waals surface area (Å²) in [5, 5.41) is 14.4. The smallest absolute Gasteiger partial charge is 0.148 e. The lowest BCUT2D eigenvalue weighted by Crippen LogP contribution is -2.17. The van der Waals surface area contributed by atoms with Gasteiger partial charge in [0.2, 0.25) is 0 Å². The fraction of sp³-hybridized carbons (Fsp3) is 0.500. The van der Waals surface area contributed by atoms with E-state index >= 15 is 0 Å². The zero-order chi connectivity index (χ0) is 13.9. The lowest BCUT2D eigenvalue weighted by molar-refractivity contribution is 0.643. The quantitative estimate of drug-likeness (QED) is 0.826. The van der Waals surface area contributed by atoms with E-state index in [2.05, 4.69) is 47.6 Å². The van der Waals surface area contributed by atoms with Gasteiger partial charge in [0.1, 0.15) is 10.0 Å². The molecule has 0 radical (unpaired) electrons. The largest absolute Gasteiger partial charge is 0.314 e. The molecule has 0 saturated heterocycles. The van der Waals surface area contributed by atoms with Gasteiger partial charge >= 0.3 is 0 Å². The van der Waals surface area contributed by atoms with Crippen molar-refractivity contribution in [3.63, 3.8) is 0 Å². The number of nitrogens with zero attached hydrogens (tertiary/aromatic N) is 2. The van der Waals surface area contributed by atoms with E-state index in [0.717, 1.165) is 35.4 Å². The molecule has 3 rings (SSSR count). The molecular formula is C16H21N3S. The van der Waals surface area contributed by atoms with Crippen molar-refractivity contribution in [2.24, 2.45) is 0 Å². The summed E-state index contributed by atoms with van der Waals surface area (Å²) in [5.74, 6) is 0. The third kappa shape index (κ3) is 3.44. The molecule has 1 heterocycles. The van der Waals surface area contributed by atoms with Crippen LogP contribution in [0, 0.1) is 13.8 Å². The van der Waals surface area contributed by atoms with Gasteiger partial charge in [0.15, 0.2) is 0 Å². The van der Waals surface area contributed by atoms with Gasteiger partial charge in [0.25, 0.3) is 0 Å². The Morgan fingerprint density at radius 3 is 2.85 bits per heavy atom. The first-order valence-electron chi connectivity index (χ1n) is 7.36. The lowest BCUT2D eigenvalue weighted by Gasteiger charge is -2.02. The number of hydrogen-bond acceptors (Lipinski definition) is 4. The molecule has 20 heavy (non-hydrogen) atoms. The molecule has 1 saturated carbocycles. The van der Waals surface area contributed by atoms with Crippen molar-refractivity contribution in [1.29, 1.82) is 0 Å². The molecule has 2 aromatic rings. The highest BCUT2D eigenvalue weighted by atomic mass is 32.1. The Hall–Kier alpha value is -1.26. The van der Waals surface area contributed by atoms with Crippen molar-refractivity contribution in [3.05, 3.63) is 34.3 Å². The molecule has 0 aliphatic heterocycles. The number of aryl methyl sites for hydroxylation is 3. The minimum atomic E-state index is 0.801. The molecule has 0 unspecified atom stereocenters. The second-order valence-corrected chi connectivity index (χ2v) is 6.71. The Bertz CT molecular complexity index is 587. The maximum Gasteiger partial charge on any atom is 0.148 e. The van der Waals surface area contributed by atoms with Crippen molar-refractivity contribution in [1.82, 2.24) is 15.5 Å². The van der Waals surface area contributed by atoms with E-state index in [1.54, 1.807) is 11.3 Å². The first kappa shape index (κ1) is 13.7. The molecular weight excluding hydrogens is 266 g/mol. The van der Waals surface area contributed by atoms with Crippen molar-refractivity contribution in [3.8, 4) is 10.6 Å². The summed E-state index contributed by atoms with van der Waals surface area (Å²) in [4.78, 5) is 0. The molecule has 4 heteroatoms. The molecule has 106 valence electrons. The van der Waals surface area contributed by atoms with Crippen LogP contribution in [0.3, 0.4) is 0 Å².